The smallest absolute Gasteiger partial charge is 0.268 e. The average Bonchev–Trinajstić information content (AvgIpc) is 2.71. The second-order valence-corrected chi connectivity index (χ2v) is 8.99. The zero-order valence-electron chi connectivity index (χ0n) is 17.1. The first kappa shape index (κ1) is 20.8. The van der Waals surface area contributed by atoms with Gasteiger partial charge in [-0.15, -0.1) is 0 Å². The molecule has 5 heteroatoms. The summed E-state index contributed by atoms with van der Waals surface area (Å²) in [6, 6.07) is 18.8. The number of aryl methyl sites for hydroxylation is 4. The molecule has 0 saturated carbocycles. The van der Waals surface area contributed by atoms with Crippen LogP contribution in [0.4, 0.5) is 5.69 Å². The Morgan fingerprint density at radius 1 is 0.828 bits per heavy atom. The van der Waals surface area contributed by atoms with Crippen LogP contribution in [0.2, 0.25) is 0 Å². The second-order valence-electron chi connectivity index (χ2n) is 7.21. The third-order valence-electron chi connectivity index (χ3n) is 5.08. The number of hydrogen-bond acceptors (Lipinski definition) is 3. The molecule has 0 unspecified atom stereocenters. The lowest BCUT2D eigenvalue weighted by Gasteiger charge is -2.23. The Bertz CT molecular complexity index is 1130. The monoisotopic (exact) mass is 407 g/mol. The van der Waals surface area contributed by atoms with E-state index in [1.54, 1.807) is 36.4 Å². The topological polar surface area (TPSA) is 54.5 Å². The van der Waals surface area contributed by atoms with Gasteiger partial charge in [0.1, 0.15) is 0 Å². The van der Waals surface area contributed by atoms with Crippen LogP contribution in [0.3, 0.4) is 0 Å². The molecule has 0 bridgehead atoms. The molecule has 29 heavy (non-hydrogen) atoms. The lowest BCUT2D eigenvalue weighted by molar-refractivity contribution is 0.101. The summed E-state index contributed by atoms with van der Waals surface area (Å²) in [4.78, 5) is 13.5. The zero-order valence-corrected chi connectivity index (χ0v) is 18.0. The molecular formula is C24H25NO3S. The zero-order chi connectivity index (χ0) is 21.2. The van der Waals surface area contributed by atoms with Gasteiger partial charge in [0.05, 0.1) is 10.6 Å². The van der Waals surface area contributed by atoms with Gasteiger partial charge in [-0.3, -0.25) is 4.79 Å². The molecule has 0 N–H and O–H groups in total. The Morgan fingerprint density at radius 2 is 1.45 bits per heavy atom. The summed E-state index contributed by atoms with van der Waals surface area (Å²) in [6.45, 7) is 7.77. The number of sulfonamides is 1. The van der Waals surface area contributed by atoms with Crippen molar-refractivity contribution in [1.29, 1.82) is 0 Å². The molecule has 0 radical (unpaired) electrons. The number of amides is 1. The number of nitrogens with zero attached hydrogens (tertiary/aromatic N) is 1. The van der Waals surface area contributed by atoms with Crippen molar-refractivity contribution in [2.75, 3.05) is 4.31 Å². The van der Waals surface area contributed by atoms with Crippen LogP contribution in [0.5, 0.6) is 0 Å². The Hall–Kier alpha value is -2.92. The Kier molecular flexibility index (Phi) is 5.89. The second kappa shape index (κ2) is 8.21. The summed E-state index contributed by atoms with van der Waals surface area (Å²) < 4.78 is 27.8. The third kappa shape index (κ3) is 4.25. The van der Waals surface area contributed by atoms with Crippen molar-refractivity contribution in [2.45, 2.75) is 39.0 Å². The molecule has 0 aromatic heterocycles. The predicted octanol–water partition coefficient (Wildman–Crippen LogP) is 5.21. The number of rotatable bonds is 5. The summed E-state index contributed by atoms with van der Waals surface area (Å²) in [7, 11) is -4.08. The molecule has 150 valence electrons. The maximum Gasteiger partial charge on any atom is 0.272 e. The molecule has 0 aliphatic heterocycles. The van der Waals surface area contributed by atoms with Crippen LogP contribution >= 0.6 is 0 Å². The van der Waals surface area contributed by atoms with Crippen LogP contribution in [0, 0.1) is 20.8 Å². The van der Waals surface area contributed by atoms with Crippen molar-refractivity contribution in [3.63, 3.8) is 0 Å². The number of carbonyl (C=O) groups is 1. The normalized spacial score (nSPS) is 11.3. The number of hydrogen-bond donors (Lipinski definition) is 0. The molecule has 0 atom stereocenters. The van der Waals surface area contributed by atoms with Gasteiger partial charge in [-0.1, -0.05) is 42.8 Å². The maximum absolute atomic E-state index is 13.5. The molecular weight excluding hydrogens is 382 g/mol. The highest BCUT2D eigenvalue weighted by molar-refractivity contribution is 7.93. The molecule has 0 heterocycles. The number of benzene rings is 3. The van der Waals surface area contributed by atoms with Gasteiger partial charge in [0.15, 0.2) is 0 Å². The lowest BCUT2D eigenvalue weighted by Crippen LogP contribution is -2.37. The van der Waals surface area contributed by atoms with Gasteiger partial charge in [-0.25, -0.2) is 8.42 Å². The largest absolute Gasteiger partial charge is 0.272 e. The quantitative estimate of drug-likeness (QED) is 0.583. The third-order valence-corrected chi connectivity index (χ3v) is 6.80. The van der Waals surface area contributed by atoms with Gasteiger partial charge in [-0.2, -0.15) is 4.31 Å². The van der Waals surface area contributed by atoms with E-state index in [0.29, 0.717) is 11.3 Å². The number of anilines is 1. The van der Waals surface area contributed by atoms with E-state index >= 15 is 0 Å². The molecule has 1 amide bonds. The number of carbonyl (C=O) groups excluding carboxylic acids is 1. The van der Waals surface area contributed by atoms with Gasteiger partial charge < -0.3 is 0 Å². The van der Waals surface area contributed by atoms with Crippen molar-refractivity contribution < 1.29 is 13.2 Å². The van der Waals surface area contributed by atoms with E-state index in [0.717, 1.165) is 33.0 Å². The Morgan fingerprint density at radius 3 is 2.00 bits per heavy atom. The Balaban J connectivity index is 2.16. The van der Waals surface area contributed by atoms with Gasteiger partial charge in [0, 0.05) is 5.56 Å². The molecule has 4 nitrogen and oxygen atoms in total. The summed E-state index contributed by atoms with van der Waals surface area (Å²) in [5.41, 5.74) is 4.66. The standard InChI is InChI=1S/C24H25NO3S/c1-5-20-9-12-22(13-10-20)25(24(26)21-11-8-18(3)19(4)16-21)29(27,28)23-14-6-17(2)7-15-23/h6-16H,5H2,1-4H3. The maximum atomic E-state index is 13.5. The minimum atomic E-state index is -4.08. The highest BCUT2D eigenvalue weighted by atomic mass is 32.2. The Labute approximate surface area is 172 Å². The van der Waals surface area contributed by atoms with Gasteiger partial charge >= 0.3 is 0 Å². The van der Waals surface area contributed by atoms with E-state index in [1.165, 1.54) is 12.1 Å². The summed E-state index contributed by atoms with van der Waals surface area (Å²) in [5.74, 6) is -0.571. The van der Waals surface area contributed by atoms with Crippen LogP contribution in [-0.4, -0.2) is 14.3 Å². The van der Waals surface area contributed by atoms with E-state index < -0.39 is 15.9 Å². The highest BCUT2D eigenvalue weighted by Gasteiger charge is 2.32. The van der Waals surface area contributed by atoms with Crippen LogP contribution in [0.15, 0.2) is 71.6 Å². The van der Waals surface area contributed by atoms with Crippen molar-refractivity contribution >= 4 is 21.6 Å². The minimum Gasteiger partial charge on any atom is -0.268 e. The first-order chi connectivity index (χ1) is 13.7. The van der Waals surface area contributed by atoms with Crippen molar-refractivity contribution in [1.82, 2.24) is 0 Å². The summed E-state index contributed by atoms with van der Waals surface area (Å²) in [5, 5.41) is 0. The van der Waals surface area contributed by atoms with E-state index in [-0.39, 0.29) is 4.90 Å². The predicted molar refractivity (Wildman–Crippen MR) is 117 cm³/mol. The summed E-state index contributed by atoms with van der Waals surface area (Å²) >= 11 is 0. The molecule has 0 saturated heterocycles. The minimum absolute atomic E-state index is 0.0832. The lowest BCUT2D eigenvalue weighted by atomic mass is 10.1. The average molecular weight is 408 g/mol. The fourth-order valence-corrected chi connectivity index (χ4v) is 4.45. The highest BCUT2D eigenvalue weighted by Crippen LogP contribution is 2.27. The van der Waals surface area contributed by atoms with Gasteiger partial charge in [-0.05, 0) is 80.3 Å². The van der Waals surface area contributed by atoms with Crippen LogP contribution in [0.25, 0.3) is 0 Å². The van der Waals surface area contributed by atoms with Gasteiger partial charge in [0.2, 0.25) is 0 Å². The molecule has 3 aromatic carbocycles. The molecule has 3 rings (SSSR count). The van der Waals surface area contributed by atoms with E-state index in [9.17, 15) is 13.2 Å². The van der Waals surface area contributed by atoms with Crippen molar-refractivity contribution in [2.24, 2.45) is 0 Å². The molecule has 0 aliphatic rings. The molecule has 0 spiro atoms. The van der Waals surface area contributed by atoms with Crippen LogP contribution in [-0.2, 0) is 16.4 Å². The fourth-order valence-electron chi connectivity index (χ4n) is 3.04. The molecule has 3 aromatic rings. The van der Waals surface area contributed by atoms with Crippen molar-refractivity contribution in [3.05, 3.63) is 94.5 Å². The fraction of sp³-hybridized carbons (Fsp3) is 0.208. The first-order valence-electron chi connectivity index (χ1n) is 9.56. The first-order valence-corrected chi connectivity index (χ1v) is 11.0. The van der Waals surface area contributed by atoms with Crippen LogP contribution < -0.4 is 4.31 Å². The molecule has 0 fully saturated rings. The van der Waals surface area contributed by atoms with E-state index in [2.05, 4.69) is 0 Å². The van der Waals surface area contributed by atoms with E-state index in [1.807, 2.05) is 45.9 Å². The van der Waals surface area contributed by atoms with E-state index in [4.69, 9.17) is 0 Å². The SMILES string of the molecule is CCc1ccc(N(C(=O)c2ccc(C)c(C)c2)S(=O)(=O)c2ccc(C)cc2)cc1. The van der Waals surface area contributed by atoms with Crippen LogP contribution in [0.1, 0.15) is 39.5 Å². The van der Waals surface area contributed by atoms with Gasteiger partial charge in [0.25, 0.3) is 15.9 Å². The summed E-state index contributed by atoms with van der Waals surface area (Å²) in [6.07, 6.45) is 0.829. The molecule has 0 aliphatic carbocycles. The van der Waals surface area contributed by atoms with Crippen molar-refractivity contribution in [3.8, 4) is 0 Å².